The van der Waals surface area contributed by atoms with Crippen LogP contribution in [0.25, 0.3) is 0 Å². The van der Waals surface area contributed by atoms with Crippen molar-refractivity contribution in [1.29, 1.82) is 0 Å². The Morgan fingerprint density at radius 2 is 2.13 bits per heavy atom. The molecule has 1 aliphatic heterocycles. The zero-order valence-electron chi connectivity index (χ0n) is 8.40. The molecule has 1 saturated carbocycles. The Bertz CT molecular complexity index is 408. The van der Waals surface area contributed by atoms with E-state index < -0.39 is 0 Å². The Morgan fingerprint density at radius 3 is 2.93 bits per heavy atom. The normalized spacial score (nSPS) is 22.5. The van der Waals surface area contributed by atoms with Crippen LogP contribution < -0.4 is 0 Å². The predicted octanol–water partition coefficient (Wildman–Crippen LogP) is 2.23. The van der Waals surface area contributed by atoms with E-state index in [4.69, 9.17) is 4.74 Å². The van der Waals surface area contributed by atoms with E-state index in [1.54, 1.807) is 12.4 Å². The Balaban J connectivity index is 2.10. The van der Waals surface area contributed by atoms with Crippen molar-refractivity contribution in [3.63, 3.8) is 0 Å². The molecular weight excluding hydrogens is 190 g/mol. The first-order chi connectivity index (χ1) is 7.32. The molecule has 0 atom stereocenters. The summed E-state index contributed by atoms with van der Waals surface area (Å²) in [7, 11) is 0. The molecule has 1 fully saturated rings. The molecule has 1 aliphatic carbocycles. The van der Waals surface area contributed by atoms with Crippen LogP contribution >= 0.6 is 0 Å². The highest BCUT2D eigenvalue weighted by Gasteiger charge is 2.45. The minimum atomic E-state index is -0.343. The molecule has 3 nitrogen and oxygen atoms in total. The summed E-state index contributed by atoms with van der Waals surface area (Å²) in [5.41, 5.74) is 1.35. The molecule has 77 valence electrons. The Kier molecular flexibility index (Phi) is 1.81. The van der Waals surface area contributed by atoms with Crippen LogP contribution in [0.1, 0.15) is 41.6 Å². The Morgan fingerprint density at radius 1 is 1.33 bits per heavy atom. The van der Waals surface area contributed by atoms with Crippen LogP contribution in [0.5, 0.6) is 0 Å². The van der Waals surface area contributed by atoms with Gasteiger partial charge < -0.3 is 4.74 Å². The number of aromatic nitrogens is 1. The molecule has 0 saturated heterocycles. The fourth-order valence-electron chi connectivity index (χ4n) is 2.55. The molecule has 0 aromatic carbocycles. The lowest BCUT2D eigenvalue weighted by atomic mass is 9.80. The number of rotatable bonds is 0. The van der Waals surface area contributed by atoms with Gasteiger partial charge in [0.25, 0.3) is 0 Å². The standard InChI is InChI=1S/C12H12NO2/c14-11-9-8-13-7-4-10(9)12(15-11)5-2-1-3-6-12/h1,4,7-8H,2-3,5-6H2. The van der Waals surface area contributed by atoms with Crippen LogP contribution in [-0.2, 0) is 10.3 Å². The summed E-state index contributed by atoms with van der Waals surface area (Å²) >= 11 is 0. The zero-order chi connectivity index (χ0) is 10.3. The maximum atomic E-state index is 11.7. The summed E-state index contributed by atoms with van der Waals surface area (Å²) in [6.45, 7) is 0. The first-order valence-electron chi connectivity index (χ1n) is 5.31. The number of fused-ring (bicyclic) bond motifs is 2. The maximum Gasteiger partial charge on any atom is 0.341 e. The Labute approximate surface area is 88.5 Å². The van der Waals surface area contributed by atoms with Gasteiger partial charge in [0.05, 0.1) is 5.56 Å². The van der Waals surface area contributed by atoms with Crippen molar-refractivity contribution in [3.05, 3.63) is 36.0 Å². The third-order valence-electron chi connectivity index (χ3n) is 3.32. The summed E-state index contributed by atoms with van der Waals surface area (Å²) < 4.78 is 5.56. The van der Waals surface area contributed by atoms with Gasteiger partial charge in [-0.15, -0.1) is 0 Å². The quantitative estimate of drug-likeness (QED) is 0.605. The third kappa shape index (κ3) is 1.19. The molecule has 1 aromatic heterocycles. The number of hydrogen-bond donors (Lipinski definition) is 0. The molecule has 3 heteroatoms. The third-order valence-corrected chi connectivity index (χ3v) is 3.32. The molecule has 1 spiro atoms. The van der Waals surface area contributed by atoms with Crippen molar-refractivity contribution in [2.45, 2.75) is 31.3 Å². The molecule has 0 N–H and O–H groups in total. The summed E-state index contributed by atoms with van der Waals surface area (Å²) in [5.74, 6) is -0.208. The van der Waals surface area contributed by atoms with Crippen LogP contribution in [0.2, 0.25) is 0 Å². The van der Waals surface area contributed by atoms with E-state index in [1.807, 2.05) is 6.07 Å². The first kappa shape index (κ1) is 8.89. The SMILES string of the molecule is O=C1OC2(CC[CH]CC2)c2ccncc21. The van der Waals surface area contributed by atoms with Gasteiger partial charge in [-0.3, -0.25) is 4.98 Å². The topological polar surface area (TPSA) is 39.2 Å². The van der Waals surface area contributed by atoms with E-state index in [-0.39, 0.29) is 11.6 Å². The van der Waals surface area contributed by atoms with Crippen LogP contribution in [0.4, 0.5) is 0 Å². The van der Waals surface area contributed by atoms with Crippen molar-refractivity contribution < 1.29 is 9.53 Å². The number of ether oxygens (including phenoxy) is 1. The number of carbonyl (C=O) groups excluding carboxylic acids is 1. The van der Waals surface area contributed by atoms with Crippen LogP contribution in [0.15, 0.2) is 18.5 Å². The van der Waals surface area contributed by atoms with Gasteiger partial charge in [-0.2, -0.15) is 0 Å². The van der Waals surface area contributed by atoms with Crippen molar-refractivity contribution in [2.24, 2.45) is 0 Å². The van der Waals surface area contributed by atoms with E-state index in [1.165, 1.54) is 0 Å². The molecule has 0 amide bonds. The summed E-state index contributed by atoms with van der Waals surface area (Å²) in [5, 5.41) is 0. The van der Waals surface area contributed by atoms with Crippen molar-refractivity contribution in [3.8, 4) is 0 Å². The largest absolute Gasteiger partial charge is 0.451 e. The van der Waals surface area contributed by atoms with E-state index in [0.717, 1.165) is 31.2 Å². The second kappa shape index (κ2) is 3.05. The number of hydrogen-bond acceptors (Lipinski definition) is 3. The molecule has 3 rings (SSSR count). The molecular formula is C12H12NO2. The van der Waals surface area contributed by atoms with E-state index >= 15 is 0 Å². The van der Waals surface area contributed by atoms with Gasteiger partial charge in [0.2, 0.25) is 0 Å². The maximum absolute atomic E-state index is 11.7. The summed E-state index contributed by atoms with van der Waals surface area (Å²) in [6, 6.07) is 1.92. The van der Waals surface area contributed by atoms with Gasteiger partial charge >= 0.3 is 5.97 Å². The van der Waals surface area contributed by atoms with E-state index in [2.05, 4.69) is 11.4 Å². The molecule has 2 aliphatic rings. The Hall–Kier alpha value is -1.38. The number of carbonyl (C=O) groups is 1. The van der Waals surface area contributed by atoms with Gasteiger partial charge in [-0.25, -0.2) is 4.79 Å². The first-order valence-corrected chi connectivity index (χ1v) is 5.31. The lowest BCUT2D eigenvalue weighted by molar-refractivity contribution is -0.0230. The molecule has 2 heterocycles. The summed E-state index contributed by atoms with van der Waals surface area (Å²) in [6.07, 6.45) is 9.49. The minimum Gasteiger partial charge on any atom is -0.451 e. The second-order valence-corrected chi connectivity index (χ2v) is 4.17. The van der Waals surface area contributed by atoms with Crippen molar-refractivity contribution in [1.82, 2.24) is 4.98 Å². The minimum absolute atomic E-state index is 0.208. The predicted molar refractivity (Wildman–Crippen MR) is 54.1 cm³/mol. The average Bonchev–Trinajstić information content (AvgIpc) is 2.55. The van der Waals surface area contributed by atoms with Crippen molar-refractivity contribution in [2.75, 3.05) is 0 Å². The van der Waals surface area contributed by atoms with E-state index in [9.17, 15) is 4.79 Å². The fourth-order valence-corrected chi connectivity index (χ4v) is 2.55. The molecule has 1 radical (unpaired) electrons. The molecule has 15 heavy (non-hydrogen) atoms. The van der Waals surface area contributed by atoms with Gasteiger partial charge in [0.1, 0.15) is 5.60 Å². The summed E-state index contributed by atoms with van der Waals surface area (Å²) in [4.78, 5) is 15.6. The highest BCUT2D eigenvalue weighted by Crippen LogP contribution is 2.45. The van der Waals surface area contributed by atoms with Crippen LogP contribution in [-0.4, -0.2) is 11.0 Å². The number of nitrogens with zero attached hydrogens (tertiary/aromatic N) is 1. The zero-order valence-corrected chi connectivity index (χ0v) is 8.40. The molecule has 1 aromatic rings. The van der Waals surface area contributed by atoms with Gasteiger partial charge in [-0.1, -0.05) is 0 Å². The van der Waals surface area contributed by atoms with Crippen LogP contribution in [0.3, 0.4) is 0 Å². The molecule has 0 bridgehead atoms. The van der Waals surface area contributed by atoms with Gasteiger partial charge in [0.15, 0.2) is 0 Å². The van der Waals surface area contributed by atoms with Crippen LogP contribution in [0, 0.1) is 6.42 Å². The monoisotopic (exact) mass is 202 g/mol. The second-order valence-electron chi connectivity index (χ2n) is 4.17. The fraction of sp³-hybridized carbons (Fsp3) is 0.417. The lowest BCUT2D eigenvalue weighted by Gasteiger charge is -2.32. The van der Waals surface area contributed by atoms with E-state index in [0.29, 0.717) is 5.56 Å². The molecule has 0 unspecified atom stereocenters. The van der Waals surface area contributed by atoms with Gasteiger partial charge in [0, 0.05) is 18.0 Å². The smallest absolute Gasteiger partial charge is 0.341 e. The average molecular weight is 202 g/mol. The number of esters is 1. The number of pyridine rings is 1. The lowest BCUT2D eigenvalue weighted by Crippen LogP contribution is -2.29. The highest BCUT2D eigenvalue weighted by atomic mass is 16.6. The highest BCUT2D eigenvalue weighted by molar-refractivity contribution is 5.94. The van der Waals surface area contributed by atoms with Gasteiger partial charge in [-0.05, 0) is 38.2 Å². The van der Waals surface area contributed by atoms with Crippen molar-refractivity contribution >= 4 is 5.97 Å².